The minimum atomic E-state index is -0.744. The summed E-state index contributed by atoms with van der Waals surface area (Å²) in [5, 5.41) is 4.83. The van der Waals surface area contributed by atoms with Crippen LogP contribution in [0.2, 0.25) is 0 Å². The van der Waals surface area contributed by atoms with E-state index in [1.54, 1.807) is 21.9 Å². The lowest BCUT2D eigenvalue weighted by Crippen LogP contribution is -2.50. The number of hydrogen-bond donors (Lipinski definition) is 1. The molecule has 40 heavy (non-hydrogen) atoms. The average Bonchev–Trinajstić information content (AvgIpc) is 3.24. The van der Waals surface area contributed by atoms with E-state index in [0.717, 1.165) is 27.6 Å². The molecule has 0 unspecified atom stereocenters. The highest BCUT2D eigenvalue weighted by Crippen LogP contribution is 2.37. The van der Waals surface area contributed by atoms with Gasteiger partial charge in [0.2, 0.25) is 11.8 Å². The first-order chi connectivity index (χ1) is 19.5. The summed E-state index contributed by atoms with van der Waals surface area (Å²) < 4.78 is 13.6. The minimum Gasteiger partial charge on any atom is -0.355 e. The fourth-order valence-electron chi connectivity index (χ4n) is 5.37. The fraction of sp³-hybridized carbons (Fsp3) is 0.242. The zero-order chi connectivity index (χ0) is 28.1. The lowest BCUT2D eigenvalue weighted by Gasteiger charge is -2.32. The summed E-state index contributed by atoms with van der Waals surface area (Å²) in [5.74, 6) is -0.860. The van der Waals surface area contributed by atoms with Crippen LogP contribution < -0.4 is 10.2 Å². The number of benzene rings is 4. The molecule has 0 aromatic heterocycles. The van der Waals surface area contributed by atoms with Crippen LogP contribution in [-0.4, -0.2) is 41.8 Å². The molecule has 0 bridgehead atoms. The van der Waals surface area contributed by atoms with Gasteiger partial charge in [0.15, 0.2) is 0 Å². The number of rotatable bonds is 11. The van der Waals surface area contributed by atoms with Crippen molar-refractivity contribution < 1.29 is 18.8 Å². The number of nitrogens with zero attached hydrogens (tertiary/aromatic N) is 2. The van der Waals surface area contributed by atoms with Crippen molar-refractivity contribution >= 4 is 34.2 Å². The number of carbonyl (C=O) groups is 3. The summed E-state index contributed by atoms with van der Waals surface area (Å²) in [7, 11) is 0. The predicted octanol–water partition coefficient (Wildman–Crippen LogP) is 5.50. The molecule has 0 saturated carbocycles. The third kappa shape index (κ3) is 5.73. The molecule has 0 spiro atoms. The van der Waals surface area contributed by atoms with Gasteiger partial charge in [0.25, 0.3) is 5.91 Å². The van der Waals surface area contributed by atoms with E-state index in [1.165, 1.54) is 12.1 Å². The van der Waals surface area contributed by atoms with Crippen molar-refractivity contribution in [1.82, 2.24) is 10.2 Å². The fourth-order valence-corrected chi connectivity index (χ4v) is 5.37. The third-order valence-corrected chi connectivity index (χ3v) is 7.31. The Bertz CT molecular complexity index is 1520. The SMILES string of the molecule is CCNC(=O)[C@H](Cc1ccccc1)N(Cc1ccc(F)cc1)C(=O)CCCN1C(=O)c2cccc3cccc1c23. The first-order valence-corrected chi connectivity index (χ1v) is 13.7. The van der Waals surface area contributed by atoms with E-state index in [1.807, 2.05) is 73.7 Å². The Morgan fingerprint density at radius 3 is 2.35 bits per heavy atom. The molecule has 3 amide bonds. The lowest BCUT2D eigenvalue weighted by atomic mass is 10.0. The Labute approximate surface area is 233 Å². The van der Waals surface area contributed by atoms with E-state index in [9.17, 15) is 18.8 Å². The Morgan fingerprint density at radius 2 is 1.62 bits per heavy atom. The van der Waals surface area contributed by atoms with Gasteiger partial charge < -0.3 is 15.1 Å². The second-order valence-electron chi connectivity index (χ2n) is 9.99. The van der Waals surface area contributed by atoms with Crippen molar-refractivity contribution in [2.75, 3.05) is 18.0 Å². The number of hydrogen-bond acceptors (Lipinski definition) is 3. The Kier molecular flexibility index (Phi) is 8.20. The molecule has 7 heteroatoms. The molecule has 0 radical (unpaired) electrons. The molecule has 4 aromatic carbocycles. The highest BCUT2D eigenvalue weighted by atomic mass is 19.1. The van der Waals surface area contributed by atoms with Crippen molar-refractivity contribution in [2.45, 2.75) is 38.8 Å². The second-order valence-corrected chi connectivity index (χ2v) is 9.99. The molecule has 1 atom stereocenters. The summed E-state index contributed by atoms with van der Waals surface area (Å²) in [5.41, 5.74) is 3.20. The van der Waals surface area contributed by atoms with Crippen molar-refractivity contribution in [3.63, 3.8) is 0 Å². The molecule has 1 aliphatic rings. The lowest BCUT2D eigenvalue weighted by molar-refractivity contribution is -0.141. The van der Waals surface area contributed by atoms with E-state index < -0.39 is 6.04 Å². The van der Waals surface area contributed by atoms with Crippen LogP contribution in [0, 0.1) is 5.82 Å². The van der Waals surface area contributed by atoms with Gasteiger partial charge in [-0.3, -0.25) is 14.4 Å². The van der Waals surface area contributed by atoms with E-state index in [2.05, 4.69) is 5.32 Å². The van der Waals surface area contributed by atoms with E-state index in [0.29, 0.717) is 31.5 Å². The molecular formula is C33H32FN3O3. The van der Waals surface area contributed by atoms with Gasteiger partial charge in [-0.05, 0) is 54.1 Å². The van der Waals surface area contributed by atoms with Gasteiger partial charge in [0.05, 0.1) is 5.69 Å². The Morgan fingerprint density at radius 1 is 0.900 bits per heavy atom. The maximum absolute atomic E-state index is 13.8. The van der Waals surface area contributed by atoms with Crippen LogP contribution in [0.5, 0.6) is 0 Å². The minimum absolute atomic E-state index is 0.0632. The standard InChI is InChI=1S/C33H32FN3O3/c1-2-35-32(39)29(21-23-9-4-3-5-10-23)37(22-24-16-18-26(34)19-17-24)30(38)15-8-20-36-28-14-7-12-25-11-6-13-27(31(25)28)33(36)40/h3-7,9-14,16-19,29H,2,8,15,20-22H2,1H3,(H,35,39)/t29-/m0/s1. The molecule has 1 aliphatic heterocycles. The number of halogens is 1. The zero-order valence-electron chi connectivity index (χ0n) is 22.5. The molecule has 1 N–H and O–H groups in total. The molecule has 204 valence electrons. The number of anilines is 1. The highest BCUT2D eigenvalue weighted by molar-refractivity contribution is 6.25. The first kappa shape index (κ1) is 27.1. The van der Waals surface area contributed by atoms with Crippen LogP contribution in [0.1, 0.15) is 41.3 Å². The van der Waals surface area contributed by atoms with Crippen molar-refractivity contribution in [2.24, 2.45) is 0 Å². The van der Waals surface area contributed by atoms with Crippen LogP contribution in [0.4, 0.5) is 10.1 Å². The van der Waals surface area contributed by atoms with Crippen LogP contribution in [0.15, 0.2) is 91.0 Å². The van der Waals surface area contributed by atoms with Gasteiger partial charge in [0, 0.05) is 43.4 Å². The highest BCUT2D eigenvalue weighted by Gasteiger charge is 2.32. The first-order valence-electron chi connectivity index (χ1n) is 13.7. The van der Waals surface area contributed by atoms with Gasteiger partial charge in [-0.15, -0.1) is 0 Å². The topological polar surface area (TPSA) is 69.7 Å². The molecule has 6 nitrogen and oxygen atoms in total. The molecule has 5 rings (SSSR count). The van der Waals surface area contributed by atoms with Gasteiger partial charge in [-0.2, -0.15) is 0 Å². The molecule has 0 saturated heterocycles. The number of nitrogens with one attached hydrogen (secondary N) is 1. The molecule has 1 heterocycles. The van der Waals surface area contributed by atoms with Gasteiger partial charge >= 0.3 is 0 Å². The van der Waals surface area contributed by atoms with Gasteiger partial charge in [0.1, 0.15) is 11.9 Å². The Balaban J connectivity index is 1.36. The van der Waals surface area contributed by atoms with E-state index in [4.69, 9.17) is 0 Å². The van der Waals surface area contributed by atoms with Crippen LogP contribution >= 0.6 is 0 Å². The van der Waals surface area contributed by atoms with Crippen molar-refractivity contribution in [1.29, 1.82) is 0 Å². The maximum atomic E-state index is 13.8. The number of carbonyl (C=O) groups excluding carboxylic acids is 3. The maximum Gasteiger partial charge on any atom is 0.258 e. The molecule has 0 aliphatic carbocycles. The van der Waals surface area contributed by atoms with Crippen LogP contribution in [-0.2, 0) is 22.6 Å². The predicted molar refractivity (Wildman–Crippen MR) is 154 cm³/mol. The number of amides is 3. The largest absolute Gasteiger partial charge is 0.355 e. The Hall–Kier alpha value is -4.52. The van der Waals surface area contributed by atoms with Crippen molar-refractivity contribution in [3.8, 4) is 0 Å². The third-order valence-electron chi connectivity index (χ3n) is 7.31. The van der Waals surface area contributed by atoms with Gasteiger partial charge in [-0.1, -0.05) is 66.7 Å². The molecular weight excluding hydrogens is 505 g/mol. The van der Waals surface area contributed by atoms with Crippen LogP contribution in [0.3, 0.4) is 0 Å². The van der Waals surface area contributed by atoms with E-state index >= 15 is 0 Å². The second kappa shape index (κ2) is 12.1. The summed E-state index contributed by atoms with van der Waals surface area (Å²) >= 11 is 0. The van der Waals surface area contributed by atoms with E-state index in [-0.39, 0.29) is 36.5 Å². The molecule has 0 fully saturated rings. The monoisotopic (exact) mass is 537 g/mol. The summed E-state index contributed by atoms with van der Waals surface area (Å²) in [6.07, 6.45) is 0.936. The smallest absolute Gasteiger partial charge is 0.258 e. The average molecular weight is 538 g/mol. The quantitative estimate of drug-likeness (QED) is 0.275. The zero-order valence-corrected chi connectivity index (χ0v) is 22.5. The number of likely N-dealkylation sites (N-methyl/N-ethyl adjacent to an activating group) is 1. The van der Waals surface area contributed by atoms with Crippen molar-refractivity contribution in [3.05, 3.63) is 114 Å². The van der Waals surface area contributed by atoms with Crippen LogP contribution in [0.25, 0.3) is 10.8 Å². The normalized spacial score (nSPS) is 12.9. The summed E-state index contributed by atoms with van der Waals surface area (Å²) in [4.78, 5) is 43.6. The summed E-state index contributed by atoms with van der Waals surface area (Å²) in [6, 6.07) is 26.4. The van der Waals surface area contributed by atoms with Gasteiger partial charge in [-0.25, -0.2) is 4.39 Å². The summed E-state index contributed by atoms with van der Waals surface area (Å²) in [6.45, 7) is 2.83. The molecule has 4 aromatic rings.